The highest BCUT2D eigenvalue weighted by Crippen LogP contribution is 2.41. The third-order valence-electron chi connectivity index (χ3n) is 3.29. The van der Waals surface area contributed by atoms with Gasteiger partial charge in [0.2, 0.25) is 0 Å². The molecule has 1 saturated carbocycles. The maximum Gasteiger partial charge on any atom is 0.392 e. The summed E-state index contributed by atoms with van der Waals surface area (Å²) in [6.07, 6.45) is -1.30. The molecule has 0 amide bonds. The van der Waals surface area contributed by atoms with Gasteiger partial charge in [-0.3, -0.25) is 0 Å². The van der Waals surface area contributed by atoms with Gasteiger partial charge in [-0.15, -0.1) is 0 Å². The minimum absolute atomic E-state index is 0.215. The summed E-state index contributed by atoms with van der Waals surface area (Å²) in [5.41, 5.74) is 0. The first-order chi connectivity index (χ1) is 7.41. The van der Waals surface area contributed by atoms with Crippen LogP contribution < -0.4 is 5.32 Å². The Morgan fingerprint density at radius 3 is 2.38 bits per heavy atom. The standard InChI is InChI=1S/C12H22F3N/c1-9(2)7-16-8-10-5-3-4-6-11(10)12(13,14)15/h9-11,16H,3-8H2,1-2H3. The normalized spacial score (nSPS) is 27.4. The Balaban J connectivity index is 2.41. The highest BCUT2D eigenvalue weighted by molar-refractivity contribution is 4.82. The summed E-state index contributed by atoms with van der Waals surface area (Å²) < 4.78 is 38.2. The lowest BCUT2D eigenvalue weighted by atomic mass is 9.78. The molecule has 2 atom stereocenters. The van der Waals surface area contributed by atoms with Crippen molar-refractivity contribution in [1.82, 2.24) is 5.32 Å². The van der Waals surface area contributed by atoms with Gasteiger partial charge < -0.3 is 5.32 Å². The maximum absolute atomic E-state index is 12.7. The molecule has 0 heterocycles. The zero-order valence-electron chi connectivity index (χ0n) is 10.1. The first-order valence-electron chi connectivity index (χ1n) is 6.18. The number of hydrogen-bond acceptors (Lipinski definition) is 1. The van der Waals surface area contributed by atoms with Crippen molar-refractivity contribution >= 4 is 0 Å². The topological polar surface area (TPSA) is 12.0 Å². The summed E-state index contributed by atoms with van der Waals surface area (Å²) in [6.45, 7) is 5.45. The third-order valence-corrected chi connectivity index (χ3v) is 3.29. The zero-order chi connectivity index (χ0) is 12.2. The van der Waals surface area contributed by atoms with Crippen LogP contribution >= 0.6 is 0 Å². The van der Waals surface area contributed by atoms with Crippen molar-refractivity contribution in [3.05, 3.63) is 0 Å². The summed E-state index contributed by atoms with van der Waals surface area (Å²) >= 11 is 0. The van der Waals surface area contributed by atoms with Gasteiger partial charge in [-0.25, -0.2) is 0 Å². The maximum atomic E-state index is 12.7. The first-order valence-corrected chi connectivity index (χ1v) is 6.18. The average molecular weight is 237 g/mol. The molecule has 1 fully saturated rings. The minimum Gasteiger partial charge on any atom is -0.316 e. The molecule has 1 rings (SSSR count). The van der Waals surface area contributed by atoms with Crippen LogP contribution in [-0.2, 0) is 0 Å². The van der Waals surface area contributed by atoms with E-state index in [1.165, 1.54) is 0 Å². The van der Waals surface area contributed by atoms with Gasteiger partial charge in [-0.2, -0.15) is 13.2 Å². The molecule has 1 nitrogen and oxygen atoms in total. The molecule has 0 aromatic heterocycles. The molecule has 2 unspecified atom stereocenters. The number of nitrogens with one attached hydrogen (secondary N) is 1. The molecule has 0 spiro atoms. The van der Waals surface area contributed by atoms with E-state index in [4.69, 9.17) is 0 Å². The Morgan fingerprint density at radius 1 is 1.19 bits per heavy atom. The summed E-state index contributed by atoms with van der Waals surface area (Å²) in [5.74, 6) is -0.804. The highest BCUT2D eigenvalue weighted by Gasteiger charge is 2.44. The second-order valence-corrected chi connectivity index (χ2v) is 5.24. The van der Waals surface area contributed by atoms with Gasteiger partial charge in [-0.05, 0) is 37.8 Å². The lowest BCUT2D eigenvalue weighted by molar-refractivity contribution is -0.195. The van der Waals surface area contributed by atoms with Crippen molar-refractivity contribution in [2.75, 3.05) is 13.1 Å². The quantitative estimate of drug-likeness (QED) is 0.787. The minimum atomic E-state index is -4.01. The Bertz CT molecular complexity index is 201. The molecule has 0 bridgehead atoms. The molecule has 1 aliphatic carbocycles. The summed E-state index contributed by atoms with van der Waals surface area (Å²) in [6, 6.07) is 0. The number of alkyl halides is 3. The number of hydrogen-bond donors (Lipinski definition) is 1. The van der Waals surface area contributed by atoms with E-state index in [0.29, 0.717) is 18.9 Å². The molecule has 1 N–H and O–H groups in total. The molecule has 1 aliphatic rings. The largest absolute Gasteiger partial charge is 0.392 e. The fraction of sp³-hybridized carbons (Fsp3) is 1.00. The second kappa shape index (κ2) is 5.89. The van der Waals surface area contributed by atoms with Crippen molar-refractivity contribution in [3.8, 4) is 0 Å². The van der Waals surface area contributed by atoms with Crippen molar-refractivity contribution in [3.63, 3.8) is 0 Å². The van der Waals surface area contributed by atoms with Gasteiger partial charge in [0, 0.05) is 0 Å². The summed E-state index contributed by atoms with van der Waals surface area (Å²) in [4.78, 5) is 0. The van der Waals surface area contributed by atoms with E-state index in [1.807, 2.05) is 0 Å². The van der Waals surface area contributed by atoms with Crippen LogP contribution in [0.15, 0.2) is 0 Å². The van der Waals surface area contributed by atoms with Crippen molar-refractivity contribution < 1.29 is 13.2 Å². The van der Waals surface area contributed by atoms with E-state index >= 15 is 0 Å². The lowest BCUT2D eigenvalue weighted by Gasteiger charge is -2.33. The van der Waals surface area contributed by atoms with Crippen LogP contribution in [0.4, 0.5) is 13.2 Å². The fourth-order valence-corrected chi connectivity index (χ4v) is 2.44. The Morgan fingerprint density at radius 2 is 1.81 bits per heavy atom. The van der Waals surface area contributed by atoms with Gasteiger partial charge in [0.05, 0.1) is 5.92 Å². The Labute approximate surface area is 95.8 Å². The third kappa shape index (κ3) is 4.32. The van der Waals surface area contributed by atoms with E-state index in [9.17, 15) is 13.2 Å². The molecule has 0 saturated heterocycles. The van der Waals surface area contributed by atoms with Crippen molar-refractivity contribution in [2.24, 2.45) is 17.8 Å². The molecule has 0 aliphatic heterocycles. The van der Waals surface area contributed by atoms with Crippen LogP contribution in [-0.4, -0.2) is 19.3 Å². The van der Waals surface area contributed by atoms with E-state index in [1.54, 1.807) is 0 Å². The smallest absolute Gasteiger partial charge is 0.316 e. The number of rotatable bonds is 4. The SMILES string of the molecule is CC(C)CNCC1CCCCC1C(F)(F)F. The van der Waals surface area contributed by atoms with E-state index < -0.39 is 12.1 Å². The van der Waals surface area contributed by atoms with Gasteiger partial charge >= 0.3 is 6.18 Å². The molecule has 4 heteroatoms. The number of halogens is 3. The fourth-order valence-electron chi connectivity index (χ4n) is 2.44. The Hall–Kier alpha value is -0.250. The lowest BCUT2D eigenvalue weighted by Crippen LogP contribution is -2.39. The van der Waals surface area contributed by atoms with Gasteiger partial charge in [0.25, 0.3) is 0 Å². The molecule has 0 aromatic carbocycles. The Kier molecular flexibility index (Phi) is 5.09. The van der Waals surface area contributed by atoms with E-state index in [-0.39, 0.29) is 5.92 Å². The second-order valence-electron chi connectivity index (χ2n) is 5.24. The van der Waals surface area contributed by atoms with E-state index in [0.717, 1.165) is 25.8 Å². The first kappa shape index (κ1) is 13.8. The van der Waals surface area contributed by atoms with Crippen LogP contribution in [0, 0.1) is 17.8 Å². The molecule has 0 radical (unpaired) electrons. The van der Waals surface area contributed by atoms with Crippen LogP contribution in [0.3, 0.4) is 0 Å². The average Bonchev–Trinajstić information content (AvgIpc) is 2.16. The van der Waals surface area contributed by atoms with E-state index in [2.05, 4.69) is 19.2 Å². The molecular formula is C12H22F3N. The van der Waals surface area contributed by atoms with Gasteiger partial charge in [0.15, 0.2) is 0 Å². The highest BCUT2D eigenvalue weighted by atomic mass is 19.4. The van der Waals surface area contributed by atoms with Crippen molar-refractivity contribution in [1.29, 1.82) is 0 Å². The van der Waals surface area contributed by atoms with Gasteiger partial charge in [0.1, 0.15) is 0 Å². The zero-order valence-corrected chi connectivity index (χ0v) is 10.1. The van der Waals surface area contributed by atoms with Crippen LogP contribution in [0.5, 0.6) is 0 Å². The van der Waals surface area contributed by atoms with Crippen LogP contribution in [0.1, 0.15) is 39.5 Å². The van der Waals surface area contributed by atoms with Crippen LogP contribution in [0.2, 0.25) is 0 Å². The monoisotopic (exact) mass is 237 g/mol. The summed E-state index contributed by atoms with van der Waals surface area (Å²) in [7, 11) is 0. The predicted octanol–water partition coefficient (Wildman–Crippen LogP) is 3.60. The van der Waals surface area contributed by atoms with Crippen LogP contribution in [0.25, 0.3) is 0 Å². The summed E-state index contributed by atoms with van der Waals surface area (Å²) in [5, 5.41) is 3.16. The van der Waals surface area contributed by atoms with Crippen molar-refractivity contribution in [2.45, 2.75) is 45.7 Å². The van der Waals surface area contributed by atoms with Gasteiger partial charge in [-0.1, -0.05) is 26.7 Å². The molecular weight excluding hydrogens is 215 g/mol. The molecule has 0 aromatic rings. The molecule has 16 heavy (non-hydrogen) atoms. The molecule has 96 valence electrons. The predicted molar refractivity (Wildman–Crippen MR) is 59.2 cm³/mol.